The largest absolute Gasteiger partial charge is 0.491 e. The maximum Gasteiger partial charge on any atom is 0.225 e. The number of anilines is 2. The van der Waals surface area contributed by atoms with Crippen LogP contribution >= 0.6 is 23.2 Å². The number of hydrogen-bond acceptors (Lipinski definition) is 10. The smallest absolute Gasteiger partial charge is 0.225 e. The van der Waals surface area contributed by atoms with E-state index < -0.39 is 6.10 Å². The number of ether oxygens (including phenoxy) is 1. The Morgan fingerprint density at radius 2 is 1.93 bits per heavy atom. The number of aryl methyl sites for hydroxylation is 1. The van der Waals surface area contributed by atoms with E-state index in [4.69, 9.17) is 42.9 Å². The Balaban J connectivity index is 1.60. The molecule has 0 unspecified atom stereocenters. The van der Waals surface area contributed by atoms with Crippen molar-refractivity contribution in [3.8, 4) is 28.5 Å². The highest BCUT2D eigenvalue weighted by Crippen LogP contribution is 2.39. The molecule has 0 fully saturated rings. The van der Waals surface area contributed by atoms with Crippen molar-refractivity contribution in [3.05, 3.63) is 57.0 Å². The Bertz CT molecular complexity index is 1610. The summed E-state index contributed by atoms with van der Waals surface area (Å²) in [5, 5.41) is 18.4. The summed E-state index contributed by atoms with van der Waals surface area (Å²) < 4.78 is 7.60. The quantitative estimate of drug-likeness (QED) is 0.270. The fraction of sp³-hybridized carbons (Fsp3) is 0.414. The van der Waals surface area contributed by atoms with Gasteiger partial charge in [0, 0.05) is 62.2 Å². The first-order valence-electron chi connectivity index (χ1n) is 13.8. The lowest BCUT2D eigenvalue weighted by Gasteiger charge is -2.22. The zero-order valence-electron chi connectivity index (χ0n) is 24.6. The first-order chi connectivity index (χ1) is 20.1. The van der Waals surface area contributed by atoms with Crippen LogP contribution in [-0.2, 0) is 20.1 Å². The van der Waals surface area contributed by atoms with Crippen molar-refractivity contribution in [2.75, 3.05) is 43.6 Å². The SMILES string of the molecule is CCN(C)c1ncc2c(n1)CN(c1nc(-c3cc(OC[C@H](O)CNC)ccc3Cl)nc(-c3c(C)c(Cl)nn3C)c1C)C2. The second kappa shape index (κ2) is 12.4. The predicted molar refractivity (Wildman–Crippen MR) is 165 cm³/mol. The van der Waals surface area contributed by atoms with Crippen LogP contribution in [0.5, 0.6) is 5.75 Å². The molecule has 2 N–H and O–H groups in total. The molecule has 42 heavy (non-hydrogen) atoms. The molecule has 11 nitrogen and oxygen atoms in total. The summed E-state index contributed by atoms with van der Waals surface area (Å²) in [6.07, 6.45) is 1.24. The monoisotopic (exact) mass is 611 g/mol. The molecule has 1 atom stereocenters. The number of aromatic nitrogens is 6. The topological polar surface area (TPSA) is 117 Å². The lowest BCUT2D eigenvalue weighted by atomic mass is 10.1. The minimum Gasteiger partial charge on any atom is -0.491 e. The van der Waals surface area contributed by atoms with Gasteiger partial charge in [-0.3, -0.25) is 4.68 Å². The summed E-state index contributed by atoms with van der Waals surface area (Å²) in [6, 6.07) is 5.31. The highest BCUT2D eigenvalue weighted by atomic mass is 35.5. The second-order valence-electron chi connectivity index (χ2n) is 10.4. The van der Waals surface area contributed by atoms with E-state index in [0.29, 0.717) is 58.6 Å². The molecule has 0 saturated carbocycles. The van der Waals surface area contributed by atoms with Gasteiger partial charge in [-0.1, -0.05) is 23.2 Å². The first-order valence-corrected chi connectivity index (χ1v) is 14.5. The van der Waals surface area contributed by atoms with Gasteiger partial charge in [-0.25, -0.2) is 19.9 Å². The molecule has 3 aromatic heterocycles. The Kier molecular flexibility index (Phi) is 8.84. The average molecular weight is 613 g/mol. The number of halogens is 2. The first kappa shape index (κ1) is 30.0. The van der Waals surface area contributed by atoms with Crippen molar-refractivity contribution in [2.45, 2.75) is 40.0 Å². The summed E-state index contributed by atoms with van der Waals surface area (Å²) >= 11 is 13.2. The van der Waals surface area contributed by atoms with Crippen LogP contribution in [0.2, 0.25) is 10.2 Å². The van der Waals surface area contributed by atoms with E-state index in [1.807, 2.05) is 39.0 Å². The lowest BCUT2D eigenvalue weighted by molar-refractivity contribution is 0.108. The van der Waals surface area contributed by atoms with Gasteiger partial charge in [-0.2, -0.15) is 5.10 Å². The van der Waals surface area contributed by atoms with Gasteiger partial charge in [-0.15, -0.1) is 0 Å². The standard InChI is InChI=1S/C29H35Cl2N9O2/c1-7-38(5)29-33-11-18-13-40(14-23(18)34-29)28-16(2)24(25-17(3)26(31)37-39(25)6)35-27(36-28)21-10-20(8-9-22(21)30)42-15-19(41)12-32-4/h8-11,19,32,41H,7,12-15H2,1-6H3/t19-/m1/s1. The second-order valence-corrected chi connectivity index (χ2v) is 11.2. The molecule has 0 bridgehead atoms. The van der Waals surface area contributed by atoms with Crippen molar-refractivity contribution in [1.29, 1.82) is 0 Å². The van der Waals surface area contributed by atoms with Crippen molar-refractivity contribution >= 4 is 35.0 Å². The average Bonchev–Trinajstić information content (AvgIpc) is 3.51. The zero-order valence-corrected chi connectivity index (χ0v) is 26.1. The van der Waals surface area contributed by atoms with Crippen molar-refractivity contribution in [2.24, 2.45) is 7.05 Å². The third-order valence-electron chi connectivity index (χ3n) is 7.39. The van der Waals surface area contributed by atoms with E-state index >= 15 is 0 Å². The van der Waals surface area contributed by atoms with Gasteiger partial charge < -0.3 is 25.0 Å². The molecule has 0 amide bonds. The van der Waals surface area contributed by atoms with E-state index in [1.54, 1.807) is 29.9 Å². The molecule has 1 aliphatic heterocycles. The van der Waals surface area contributed by atoms with Crippen molar-refractivity contribution in [3.63, 3.8) is 0 Å². The summed E-state index contributed by atoms with van der Waals surface area (Å²) in [6.45, 7) is 8.53. The van der Waals surface area contributed by atoms with Gasteiger partial charge in [0.05, 0.1) is 28.6 Å². The molecule has 1 aromatic carbocycles. The zero-order chi connectivity index (χ0) is 30.1. The van der Waals surface area contributed by atoms with Crippen molar-refractivity contribution in [1.82, 2.24) is 35.0 Å². The van der Waals surface area contributed by atoms with Gasteiger partial charge >= 0.3 is 0 Å². The summed E-state index contributed by atoms with van der Waals surface area (Å²) in [7, 11) is 5.60. The minimum atomic E-state index is -0.655. The Morgan fingerprint density at radius 1 is 1.14 bits per heavy atom. The lowest BCUT2D eigenvalue weighted by Crippen LogP contribution is -2.29. The van der Waals surface area contributed by atoms with E-state index in [9.17, 15) is 5.11 Å². The number of hydrogen-bond donors (Lipinski definition) is 2. The maximum atomic E-state index is 10.1. The third-order valence-corrected chi connectivity index (χ3v) is 8.08. The summed E-state index contributed by atoms with van der Waals surface area (Å²) in [5.41, 5.74) is 5.83. The fourth-order valence-corrected chi connectivity index (χ4v) is 5.37. The van der Waals surface area contributed by atoms with Crippen LogP contribution in [0.1, 0.15) is 29.3 Å². The Morgan fingerprint density at radius 3 is 2.62 bits per heavy atom. The van der Waals surface area contributed by atoms with Gasteiger partial charge in [0.1, 0.15) is 24.3 Å². The molecule has 0 spiro atoms. The molecule has 0 aliphatic carbocycles. The van der Waals surface area contributed by atoms with Crippen molar-refractivity contribution < 1.29 is 9.84 Å². The number of aliphatic hydroxyl groups excluding tert-OH is 1. The Hall–Kier alpha value is -3.51. The normalized spacial score (nSPS) is 13.4. The van der Waals surface area contributed by atoms with E-state index in [2.05, 4.69) is 27.2 Å². The van der Waals surface area contributed by atoms with Crippen LogP contribution in [0.15, 0.2) is 24.4 Å². The summed E-state index contributed by atoms with van der Waals surface area (Å²) in [4.78, 5) is 23.7. The number of benzene rings is 1. The molecular formula is C29H35Cl2N9O2. The number of likely N-dealkylation sites (N-methyl/N-ethyl adjacent to an activating group) is 1. The summed E-state index contributed by atoms with van der Waals surface area (Å²) in [5.74, 6) is 2.43. The number of nitrogens with one attached hydrogen (secondary N) is 1. The van der Waals surface area contributed by atoms with Gasteiger partial charge in [-0.05, 0) is 46.0 Å². The van der Waals surface area contributed by atoms with Gasteiger partial charge in [0.15, 0.2) is 11.0 Å². The number of nitrogens with zero attached hydrogens (tertiary/aromatic N) is 8. The van der Waals surface area contributed by atoms with Gasteiger partial charge in [0.25, 0.3) is 0 Å². The van der Waals surface area contributed by atoms with Gasteiger partial charge in [0.2, 0.25) is 5.95 Å². The van der Waals surface area contributed by atoms with Crippen LogP contribution in [0, 0.1) is 13.8 Å². The molecule has 0 radical (unpaired) electrons. The maximum absolute atomic E-state index is 10.1. The fourth-order valence-electron chi connectivity index (χ4n) is 4.96. The number of fused-ring (bicyclic) bond motifs is 1. The molecule has 5 rings (SSSR count). The molecule has 4 aromatic rings. The van der Waals surface area contributed by atoms with Crippen LogP contribution in [0.4, 0.5) is 11.8 Å². The minimum absolute atomic E-state index is 0.127. The number of aliphatic hydroxyl groups is 1. The van der Waals surface area contributed by atoms with Crippen LogP contribution < -0.4 is 19.9 Å². The van der Waals surface area contributed by atoms with E-state index in [0.717, 1.165) is 40.4 Å². The molecular weight excluding hydrogens is 577 g/mol. The molecule has 0 saturated heterocycles. The molecule has 222 valence electrons. The molecule has 13 heteroatoms. The predicted octanol–water partition coefficient (Wildman–Crippen LogP) is 4.19. The van der Waals surface area contributed by atoms with E-state index in [-0.39, 0.29) is 6.61 Å². The Labute approximate surface area is 255 Å². The van der Waals surface area contributed by atoms with Crippen LogP contribution in [0.25, 0.3) is 22.8 Å². The number of rotatable bonds is 10. The highest BCUT2D eigenvalue weighted by molar-refractivity contribution is 6.33. The molecule has 1 aliphatic rings. The van der Waals surface area contributed by atoms with Crippen LogP contribution in [-0.4, -0.2) is 74.7 Å². The highest BCUT2D eigenvalue weighted by Gasteiger charge is 2.28. The molecule has 4 heterocycles. The van der Waals surface area contributed by atoms with E-state index in [1.165, 1.54) is 0 Å². The third kappa shape index (κ3) is 5.87. The van der Waals surface area contributed by atoms with Crippen LogP contribution in [0.3, 0.4) is 0 Å².